The van der Waals surface area contributed by atoms with Gasteiger partial charge in [-0.05, 0) is 42.5 Å². The standard InChI is InChI=1S/C13H19NO/c1-10-8-14-6-5-13(10)12-4-2-3-11(7-12)9-15/h2-4,7,10,13-15H,5-6,8-9H2,1H3. The summed E-state index contributed by atoms with van der Waals surface area (Å²) in [6.45, 7) is 4.65. The average Bonchev–Trinajstić information content (AvgIpc) is 2.30. The van der Waals surface area contributed by atoms with Crippen LogP contribution in [0.1, 0.15) is 30.4 Å². The van der Waals surface area contributed by atoms with Gasteiger partial charge in [-0.15, -0.1) is 0 Å². The zero-order valence-electron chi connectivity index (χ0n) is 9.24. The third-order valence-electron chi connectivity index (χ3n) is 3.35. The minimum atomic E-state index is 0.146. The number of rotatable bonds is 2. The highest BCUT2D eigenvalue weighted by molar-refractivity contribution is 5.27. The summed E-state index contributed by atoms with van der Waals surface area (Å²) in [5, 5.41) is 12.5. The predicted molar refractivity (Wildman–Crippen MR) is 61.8 cm³/mol. The summed E-state index contributed by atoms with van der Waals surface area (Å²) in [7, 11) is 0. The van der Waals surface area contributed by atoms with Gasteiger partial charge in [0.2, 0.25) is 0 Å². The van der Waals surface area contributed by atoms with Gasteiger partial charge in [-0.1, -0.05) is 31.2 Å². The maximum absolute atomic E-state index is 9.11. The molecule has 0 bridgehead atoms. The van der Waals surface area contributed by atoms with Gasteiger partial charge < -0.3 is 10.4 Å². The second-order valence-electron chi connectivity index (χ2n) is 4.48. The highest BCUT2D eigenvalue weighted by Crippen LogP contribution is 2.30. The zero-order valence-corrected chi connectivity index (χ0v) is 9.24. The summed E-state index contributed by atoms with van der Waals surface area (Å²) in [5.41, 5.74) is 2.41. The van der Waals surface area contributed by atoms with Crippen LogP contribution in [0.15, 0.2) is 24.3 Å². The van der Waals surface area contributed by atoms with E-state index >= 15 is 0 Å². The third kappa shape index (κ3) is 2.39. The van der Waals surface area contributed by atoms with Gasteiger partial charge in [0.15, 0.2) is 0 Å². The Hall–Kier alpha value is -0.860. The number of hydrogen-bond donors (Lipinski definition) is 2. The fourth-order valence-electron chi connectivity index (χ4n) is 2.43. The molecule has 2 atom stereocenters. The summed E-state index contributed by atoms with van der Waals surface area (Å²) in [5.74, 6) is 1.34. The van der Waals surface area contributed by atoms with Crippen LogP contribution in [-0.4, -0.2) is 18.2 Å². The molecule has 2 heteroatoms. The van der Waals surface area contributed by atoms with E-state index < -0.39 is 0 Å². The SMILES string of the molecule is CC1CNCCC1c1cccc(CO)c1. The van der Waals surface area contributed by atoms with Crippen molar-refractivity contribution in [1.29, 1.82) is 0 Å². The lowest BCUT2D eigenvalue weighted by Gasteiger charge is -2.30. The van der Waals surface area contributed by atoms with Crippen molar-refractivity contribution in [1.82, 2.24) is 5.32 Å². The Morgan fingerprint density at radius 2 is 2.33 bits per heavy atom. The van der Waals surface area contributed by atoms with Crippen LogP contribution in [0.3, 0.4) is 0 Å². The Morgan fingerprint density at radius 1 is 1.47 bits per heavy atom. The first kappa shape index (κ1) is 10.7. The van der Waals surface area contributed by atoms with Gasteiger partial charge in [-0.3, -0.25) is 0 Å². The van der Waals surface area contributed by atoms with Crippen molar-refractivity contribution in [2.45, 2.75) is 25.9 Å². The topological polar surface area (TPSA) is 32.3 Å². The van der Waals surface area contributed by atoms with Gasteiger partial charge in [0.1, 0.15) is 0 Å². The molecule has 0 aliphatic carbocycles. The van der Waals surface area contributed by atoms with Crippen molar-refractivity contribution in [3.8, 4) is 0 Å². The van der Waals surface area contributed by atoms with E-state index in [0.29, 0.717) is 11.8 Å². The van der Waals surface area contributed by atoms with E-state index in [2.05, 4.69) is 30.4 Å². The molecule has 2 unspecified atom stereocenters. The molecule has 1 aromatic carbocycles. The van der Waals surface area contributed by atoms with E-state index in [9.17, 15) is 0 Å². The second kappa shape index (κ2) is 4.77. The van der Waals surface area contributed by atoms with E-state index in [4.69, 9.17) is 5.11 Å². The lowest BCUT2D eigenvalue weighted by Crippen LogP contribution is -2.33. The number of aliphatic hydroxyl groups excluding tert-OH is 1. The molecule has 1 saturated heterocycles. The van der Waals surface area contributed by atoms with Crippen molar-refractivity contribution in [2.75, 3.05) is 13.1 Å². The molecule has 0 amide bonds. The van der Waals surface area contributed by atoms with Gasteiger partial charge in [0.05, 0.1) is 6.61 Å². The van der Waals surface area contributed by atoms with E-state index in [1.807, 2.05) is 6.07 Å². The number of piperidine rings is 1. The van der Waals surface area contributed by atoms with Crippen molar-refractivity contribution in [3.63, 3.8) is 0 Å². The van der Waals surface area contributed by atoms with Crippen molar-refractivity contribution in [2.24, 2.45) is 5.92 Å². The first-order valence-electron chi connectivity index (χ1n) is 5.71. The Labute approximate surface area is 91.3 Å². The quantitative estimate of drug-likeness (QED) is 0.773. The molecule has 1 heterocycles. The van der Waals surface area contributed by atoms with E-state index in [1.54, 1.807) is 0 Å². The van der Waals surface area contributed by atoms with E-state index in [1.165, 1.54) is 12.0 Å². The minimum Gasteiger partial charge on any atom is -0.392 e. The van der Waals surface area contributed by atoms with Gasteiger partial charge in [-0.2, -0.15) is 0 Å². The van der Waals surface area contributed by atoms with Crippen LogP contribution < -0.4 is 5.32 Å². The molecule has 2 N–H and O–H groups in total. The van der Waals surface area contributed by atoms with Crippen molar-refractivity contribution < 1.29 is 5.11 Å². The van der Waals surface area contributed by atoms with Crippen LogP contribution in [0.4, 0.5) is 0 Å². The summed E-state index contributed by atoms with van der Waals surface area (Å²) < 4.78 is 0. The summed E-state index contributed by atoms with van der Waals surface area (Å²) in [6.07, 6.45) is 1.20. The molecule has 1 aromatic rings. The number of aliphatic hydroxyl groups is 1. The monoisotopic (exact) mass is 205 g/mol. The maximum atomic E-state index is 9.11. The predicted octanol–water partition coefficient (Wildman–Crippen LogP) is 1.89. The van der Waals surface area contributed by atoms with Crippen LogP contribution in [0.2, 0.25) is 0 Å². The Morgan fingerprint density at radius 3 is 3.07 bits per heavy atom. The van der Waals surface area contributed by atoms with Crippen LogP contribution >= 0.6 is 0 Å². The molecule has 2 rings (SSSR count). The zero-order chi connectivity index (χ0) is 10.7. The molecule has 0 saturated carbocycles. The van der Waals surface area contributed by atoms with Gasteiger partial charge in [0, 0.05) is 0 Å². The number of hydrogen-bond acceptors (Lipinski definition) is 2. The van der Waals surface area contributed by atoms with Crippen LogP contribution in [0, 0.1) is 5.92 Å². The molecule has 0 radical (unpaired) electrons. The maximum Gasteiger partial charge on any atom is 0.0681 e. The fraction of sp³-hybridized carbons (Fsp3) is 0.538. The highest BCUT2D eigenvalue weighted by Gasteiger charge is 2.22. The minimum absolute atomic E-state index is 0.146. The van der Waals surface area contributed by atoms with Gasteiger partial charge in [0.25, 0.3) is 0 Å². The third-order valence-corrected chi connectivity index (χ3v) is 3.35. The molecule has 1 aliphatic heterocycles. The molecule has 82 valence electrons. The van der Waals surface area contributed by atoms with Gasteiger partial charge >= 0.3 is 0 Å². The molecular formula is C13H19NO. The molecule has 0 aromatic heterocycles. The van der Waals surface area contributed by atoms with Crippen LogP contribution in [-0.2, 0) is 6.61 Å². The first-order chi connectivity index (χ1) is 7.31. The van der Waals surface area contributed by atoms with Crippen molar-refractivity contribution >= 4 is 0 Å². The first-order valence-corrected chi connectivity index (χ1v) is 5.71. The molecule has 2 nitrogen and oxygen atoms in total. The molecule has 15 heavy (non-hydrogen) atoms. The second-order valence-corrected chi connectivity index (χ2v) is 4.48. The Balaban J connectivity index is 2.19. The average molecular weight is 205 g/mol. The molecular weight excluding hydrogens is 186 g/mol. The summed E-state index contributed by atoms with van der Waals surface area (Å²) in [4.78, 5) is 0. The van der Waals surface area contributed by atoms with Gasteiger partial charge in [-0.25, -0.2) is 0 Å². The summed E-state index contributed by atoms with van der Waals surface area (Å²) in [6, 6.07) is 8.36. The molecule has 1 fully saturated rings. The normalized spacial score (nSPS) is 26.5. The Kier molecular flexibility index (Phi) is 3.39. The molecule has 0 spiro atoms. The number of nitrogens with one attached hydrogen (secondary N) is 1. The molecule has 1 aliphatic rings. The lowest BCUT2D eigenvalue weighted by molar-refractivity contribution is 0.281. The smallest absolute Gasteiger partial charge is 0.0681 e. The lowest BCUT2D eigenvalue weighted by atomic mass is 9.82. The fourth-order valence-corrected chi connectivity index (χ4v) is 2.43. The Bertz CT molecular complexity index is 324. The van der Waals surface area contributed by atoms with E-state index in [0.717, 1.165) is 18.7 Å². The van der Waals surface area contributed by atoms with Crippen LogP contribution in [0.25, 0.3) is 0 Å². The van der Waals surface area contributed by atoms with E-state index in [-0.39, 0.29) is 6.61 Å². The number of benzene rings is 1. The van der Waals surface area contributed by atoms with Crippen LogP contribution in [0.5, 0.6) is 0 Å². The summed E-state index contributed by atoms with van der Waals surface area (Å²) >= 11 is 0. The largest absolute Gasteiger partial charge is 0.392 e. The highest BCUT2D eigenvalue weighted by atomic mass is 16.3. The van der Waals surface area contributed by atoms with Crippen molar-refractivity contribution in [3.05, 3.63) is 35.4 Å².